The molecule has 0 radical (unpaired) electrons. The fourth-order valence-electron chi connectivity index (χ4n) is 2.47. The van der Waals surface area contributed by atoms with Gasteiger partial charge in [0.1, 0.15) is 0 Å². The molecule has 0 fully saturated rings. The standard InChI is InChI=1S/C21H16BrNO3/c22-19-9-5-15(6-10-19)1-2-16-11-12-23(20(24)13-16)14-17-3-7-18(8-4-17)21(25)26/h1-13H,14H2,(H,25,26)/b2-1+. The molecule has 0 saturated carbocycles. The lowest BCUT2D eigenvalue weighted by molar-refractivity contribution is 0.0697. The number of pyridine rings is 1. The molecule has 0 unspecified atom stereocenters. The molecule has 0 atom stereocenters. The van der Waals surface area contributed by atoms with E-state index in [9.17, 15) is 9.59 Å². The zero-order valence-corrected chi connectivity index (χ0v) is 15.4. The Morgan fingerprint density at radius 3 is 2.23 bits per heavy atom. The first-order valence-electron chi connectivity index (χ1n) is 7.98. The Morgan fingerprint density at radius 1 is 0.962 bits per heavy atom. The van der Waals surface area contributed by atoms with Crippen LogP contribution in [0.1, 0.15) is 27.0 Å². The first-order chi connectivity index (χ1) is 12.5. The van der Waals surface area contributed by atoms with E-state index in [2.05, 4.69) is 15.9 Å². The Balaban J connectivity index is 1.73. The number of aromatic nitrogens is 1. The highest BCUT2D eigenvalue weighted by Gasteiger charge is 2.03. The maximum absolute atomic E-state index is 12.3. The lowest BCUT2D eigenvalue weighted by Crippen LogP contribution is -2.19. The molecule has 2 aromatic carbocycles. The topological polar surface area (TPSA) is 59.3 Å². The third kappa shape index (κ3) is 4.58. The summed E-state index contributed by atoms with van der Waals surface area (Å²) in [6, 6.07) is 17.9. The van der Waals surface area contributed by atoms with Gasteiger partial charge >= 0.3 is 5.97 Å². The number of carbonyl (C=O) groups is 1. The van der Waals surface area contributed by atoms with E-state index in [1.807, 2.05) is 42.5 Å². The second kappa shape index (κ2) is 7.97. The summed E-state index contributed by atoms with van der Waals surface area (Å²) in [4.78, 5) is 23.2. The van der Waals surface area contributed by atoms with Crippen LogP contribution in [0.5, 0.6) is 0 Å². The number of carboxylic acid groups (broad SMARTS) is 1. The Kier molecular flexibility index (Phi) is 5.49. The van der Waals surface area contributed by atoms with Gasteiger partial charge in [0.2, 0.25) is 0 Å². The van der Waals surface area contributed by atoms with E-state index < -0.39 is 5.97 Å². The first-order valence-corrected chi connectivity index (χ1v) is 8.77. The van der Waals surface area contributed by atoms with Gasteiger partial charge in [0, 0.05) is 16.7 Å². The van der Waals surface area contributed by atoms with Gasteiger partial charge in [0.05, 0.1) is 12.1 Å². The predicted octanol–water partition coefficient (Wildman–Crippen LogP) is 4.53. The third-order valence-electron chi connectivity index (χ3n) is 3.91. The summed E-state index contributed by atoms with van der Waals surface area (Å²) in [5.41, 5.74) is 2.88. The molecule has 0 saturated heterocycles. The molecule has 26 heavy (non-hydrogen) atoms. The predicted molar refractivity (Wildman–Crippen MR) is 106 cm³/mol. The summed E-state index contributed by atoms with van der Waals surface area (Å²) in [6.45, 7) is 0.398. The molecular formula is C21H16BrNO3. The number of benzene rings is 2. The first kappa shape index (κ1) is 17.9. The van der Waals surface area contributed by atoms with Crippen LogP contribution in [0.4, 0.5) is 0 Å². The minimum atomic E-state index is -0.962. The second-order valence-electron chi connectivity index (χ2n) is 5.81. The number of hydrogen-bond acceptors (Lipinski definition) is 2. The maximum Gasteiger partial charge on any atom is 0.335 e. The Bertz CT molecular complexity index is 1000. The molecule has 0 amide bonds. The smallest absolute Gasteiger partial charge is 0.335 e. The molecule has 0 aliphatic heterocycles. The summed E-state index contributed by atoms with van der Waals surface area (Å²) < 4.78 is 2.61. The normalized spacial score (nSPS) is 11.0. The molecular weight excluding hydrogens is 394 g/mol. The largest absolute Gasteiger partial charge is 0.478 e. The maximum atomic E-state index is 12.3. The number of carboxylic acids is 1. The lowest BCUT2D eigenvalue weighted by atomic mass is 10.1. The van der Waals surface area contributed by atoms with Crippen LogP contribution in [0.15, 0.2) is 76.1 Å². The number of nitrogens with zero attached hydrogens (tertiary/aromatic N) is 1. The summed E-state index contributed by atoms with van der Waals surface area (Å²) in [7, 11) is 0. The van der Waals surface area contributed by atoms with E-state index in [1.165, 1.54) is 12.1 Å². The molecule has 3 aromatic rings. The van der Waals surface area contributed by atoms with E-state index in [1.54, 1.807) is 29.0 Å². The van der Waals surface area contributed by atoms with Crippen LogP contribution in [0, 0.1) is 0 Å². The SMILES string of the molecule is O=C(O)c1ccc(Cn2ccc(/C=C/c3ccc(Br)cc3)cc2=O)cc1. The molecule has 130 valence electrons. The van der Waals surface area contributed by atoms with Crippen LogP contribution >= 0.6 is 15.9 Å². The number of aromatic carboxylic acids is 1. The molecule has 1 N–H and O–H groups in total. The van der Waals surface area contributed by atoms with Gasteiger partial charge in [-0.05, 0) is 47.0 Å². The van der Waals surface area contributed by atoms with Crippen LogP contribution in [0.2, 0.25) is 0 Å². The van der Waals surface area contributed by atoms with Crippen molar-refractivity contribution >= 4 is 34.1 Å². The van der Waals surface area contributed by atoms with Gasteiger partial charge in [0.25, 0.3) is 5.56 Å². The number of halogens is 1. The van der Waals surface area contributed by atoms with Crippen LogP contribution < -0.4 is 5.56 Å². The van der Waals surface area contributed by atoms with Gasteiger partial charge in [-0.3, -0.25) is 4.79 Å². The molecule has 1 aromatic heterocycles. The number of hydrogen-bond donors (Lipinski definition) is 1. The highest BCUT2D eigenvalue weighted by atomic mass is 79.9. The number of rotatable bonds is 5. The second-order valence-corrected chi connectivity index (χ2v) is 6.73. The monoisotopic (exact) mass is 409 g/mol. The van der Waals surface area contributed by atoms with Crippen LogP contribution in [0.25, 0.3) is 12.2 Å². The van der Waals surface area contributed by atoms with E-state index in [4.69, 9.17) is 5.11 Å². The highest BCUT2D eigenvalue weighted by Crippen LogP contribution is 2.13. The van der Waals surface area contributed by atoms with Crippen molar-refractivity contribution in [3.63, 3.8) is 0 Å². The molecule has 4 nitrogen and oxygen atoms in total. The van der Waals surface area contributed by atoms with Crippen molar-refractivity contribution in [3.05, 3.63) is 104 Å². The lowest BCUT2D eigenvalue weighted by Gasteiger charge is -2.06. The molecule has 0 spiro atoms. The van der Waals surface area contributed by atoms with Gasteiger partial charge in [-0.1, -0.05) is 52.3 Å². The van der Waals surface area contributed by atoms with Crippen molar-refractivity contribution in [1.29, 1.82) is 0 Å². The van der Waals surface area contributed by atoms with Crippen molar-refractivity contribution in [2.45, 2.75) is 6.54 Å². The molecule has 0 bridgehead atoms. The van der Waals surface area contributed by atoms with E-state index in [0.29, 0.717) is 6.54 Å². The fourth-order valence-corrected chi connectivity index (χ4v) is 2.74. The fraction of sp³-hybridized carbons (Fsp3) is 0.0476. The average molecular weight is 410 g/mol. The van der Waals surface area contributed by atoms with Crippen LogP contribution in [0.3, 0.4) is 0 Å². The Hall–Kier alpha value is -2.92. The van der Waals surface area contributed by atoms with Crippen molar-refractivity contribution in [2.24, 2.45) is 0 Å². The van der Waals surface area contributed by atoms with Gasteiger partial charge < -0.3 is 9.67 Å². The van der Waals surface area contributed by atoms with E-state index >= 15 is 0 Å². The van der Waals surface area contributed by atoms with E-state index in [-0.39, 0.29) is 11.1 Å². The van der Waals surface area contributed by atoms with E-state index in [0.717, 1.165) is 21.2 Å². The van der Waals surface area contributed by atoms with Crippen molar-refractivity contribution < 1.29 is 9.90 Å². The summed E-state index contributed by atoms with van der Waals surface area (Å²) in [5.74, 6) is -0.962. The summed E-state index contributed by atoms with van der Waals surface area (Å²) in [6.07, 6.45) is 5.60. The van der Waals surface area contributed by atoms with Crippen molar-refractivity contribution in [1.82, 2.24) is 4.57 Å². The van der Waals surface area contributed by atoms with Gasteiger partial charge in [-0.2, -0.15) is 0 Å². The molecule has 0 aliphatic carbocycles. The third-order valence-corrected chi connectivity index (χ3v) is 4.44. The van der Waals surface area contributed by atoms with Crippen LogP contribution in [-0.4, -0.2) is 15.6 Å². The zero-order valence-electron chi connectivity index (χ0n) is 13.8. The molecule has 0 aliphatic rings. The summed E-state index contributed by atoms with van der Waals surface area (Å²) >= 11 is 3.40. The minimum absolute atomic E-state index is 0.106. The Labute approximate surface area is 159 Å². The molecule has 5 heteroatoms. The quantitative estimate of drug-likeness (QED) is 0.673. The highest BCUT2D eigenvalue weighted by molar-refractivity contribution is 9.10. The summed E-state index contributed by atoms with van der Waals surface area (Å²) in [5, 5.41) is 8.92. The zero-order chi connectivity index (χ0) is 18.5. The van der Waals surface area contributed by atoms with Gasteiger partial charge in [-0.15, -0.1) is 0 Å². The molecule has 1 heterocycles. The Morgan fingerprint density at radius 2 is 1.62 bits per heavy atom. The van der Waals surface area contributed by atoms with Crippen molar-refractivity contribution in [3.8, 4) is 0 Å². The van der Waals surface area contributed by atoms with Crippen molar-refractivity contribution in [2.75, 3.05) is 0 Å². The molecule has 3 rings (SSSR count). The van der Waals surface area contributed by atoms with Crippen LogP contribution in [-0.2, 0) is 6.54 Å². The average Bonchev–Trinajstić information content (AvgIpc) is 2.64. The minimum Gasteiger partial charge on any atom is -0.478 e. The van der Waals surface area contributed by atoms with Gasteiger partial charge in [0.15, 0.2) is 0 Å². The van der Waals surface area contributed by atoms with Gasteiger partial charge in [-0.25, -0.2) is 4.79 Å².